The fourth-order valence-electron chi connectivity index (χ4n) is 4.39. The highest BCUT2D eigenvalue weighted by molar-refractivity contribution is 7.15. The molecule has 2 N–H and O–H groups in total. The number of aryl methyl sites for hydroxylation is 2. The maximum absolute atomic E-state index is 12.9. The number of nitrogens with one attached hydrogen (secondary N) is 2. The summed E-state index contributed by atoms with van der Waals surface area (Å²) in [5.41, 5.74) is 3.03. The van der Waals surface area contributed by atoms with Crippen LogP contribution in [-0.2, 0) is 11.2 Å². The fourth-order valence-corrected chi connectivity index (χ4v) is 5.10. The molecule has 0 spiro atoms. The van der Waals surface area contributed by atoms with Gasteiger partial charge in [-0.3, -0.25) is 14.4 Å². The normalized spacial score (nSPS) is 14.7. The number of aromatic nitrogens is 2. The Morgan fingerprint density at radius 2 is 1.68 bits per heavy atom. The summed E-state index contributed by atoms with van der Waals surface area (Å²) < 4.78 is 0. The van der Waals surface area contributed by atoms with Gasteiger partial charge >= 0.3 is 0 Å². The van der Waals surface area contributed by atoms with Crippen LogP contribution in [0.1, 0.15) is 63.3 Å². The summed E-state index contributed by atoms with van der Waals surface area (Å²) in [5, 5.41) is 14.1. The van der Waals surface area contributed by atoms with E-state index in [0.717, 1.165) is 42.6 Å². The van der Waals surface area contributed by atoms with E-state index in [2.05, 4.69) is 33.0 Å². The van der Waals surface area contributed by atoms with E-state index in [-0.39, 0.29) is 39.7 Å². The molecule has 0 bridgehead atoms. The summed E-state index contributed by atoms with van der Waals surface area (Å²) in [5.74, 6) is -0.290. The Kier molecular flexibility index (Phi) is 9.00. The van der Waals surface area contributed by atoms with Crippen molar-refractivity contribution in [1.29, 1.82) is 0 Å². The lowest BCUT2D eigenvalue weighted by molar-refractivity contribution is -0.122. The van der Waals surface area contributed by atoms with Gasteiger partial charge in [-0.1, -0.05) is 59.4 Å². The quantitative estimate of drug-likeness (QED) is 0.434. The van der Waals surface area contributed by atoms with Gasteiger partial charge in [0.1, 0.15) is 0 Å². The minimum atomic E-state index is -0.386. The molecular weight excluding hydrogens is 486 g/mol. The second-order valence-electron chi connectivity index (χ2n) is 9.67. The summed E-state index contributed by atoms with van der Waals surface area (Å²) in [6.07, 6.45) is 3.83. The zero-order valence-electron chi connectivity index (χ0n) is 21.3. The van der Waals surface area contributed by atoms with E-state index in [1.54, 1.807) is 4.90 Å². The minimum absolute atomic E-state index is 0.0682. The summed E-state index contributed by atoms with van der Waals surface area (Å²) in [6.45, 7) is 5.13. The number of hydrogen-bond donors (Lipinski definition) is 2. The molecule has 9 heteroatoms. The maximum Gasteiger partial charge on any atom is 0.286 e. The van der Waals surface area contributed by atoms with Gasteiger partial charge in [-0.25, -0.2) is 0 Å². The van der Waals surface area contributed by atoms with Gasteiger partial charge in [0.05, 0.1) is 0 Å². The molecule has 2 aromatic carbocycles. The van der Waals surface area contributed by atoms with Crippen LogP contribution in [0.4, 0.5) is 5.69 Å². The molecule has 1 aliphatic rings. The van der Waals surface area contributed by atoms with Crippen molar-refractivity contribution in [3.05, 3.63) is 75.7 Å². The molecule has 1 fully saturated rings. The minimum Gasteiger partial charge on any atom is -0.354 e. The molecule has 3 aromatic rings. The second kappa shape index (κ2) is 12.6. The number of amides is 3. The Hall–Kier alpha value is -3.59. The van der Waals surface area contributed by atoms with Crippen molar-refractivity contribution in [2.24, 2.45) is 5.92 Å². The average Bonchev–Trinajstić information content (AvgIpc) is 3.40. The zero-order valence-corrected chi connectivity index (χ0v) is 22.1. The van der Waals surface area contributed by atoms with Crippen LogP contribution in [0.15, 0.2) is 54.6 Å². The largest absolute Gasteiger partial charge is 0.354 e. The van der Waals surface area contributed by atoms with E-state index in [1.165, 1.54) is 5.56 Å². The highest BCUT2D eigenvalue weighted by Crippen LogP contribution is 2.23. The lowest BCUT2D eigenvalue weighted by atomic mass is 9.93. The first-order valence-corrected chi connectivity index (χ1v) is 13.5. The average molecular weight is 520 g/mol. The standard InChI is InChI=1S/C28H33N5O3S/c1-19-8-12-23(13-9-19)30-25(35)26-31-32-27(37-26)28(36)33-16-14-22(15-17-33)18-24(34)29-20(2)10-11-21-6-4-3-5-7-21/h3-9,12-13,20,22H,10-11,14-18H2,1-2H3,(H,29,34)(H,30,35)/t20-/m0/s1. The van der Waals surface area contributed by atoms with Gasteiger partial charge in [0.2, 0.25) is 15.9 Å². The number of carbonyl (C=O) groups is 3. The third-order valence-electron chi connectivity index (χ3n) is 6.60. The summed E-state index contributed by atoms with van der Waals surface area (Å²) in [4.78, 5) is 39.7. The van der Waals surface area contributed by atoms with Crippen LogP contribution in [0.3, 0.4) is 0 Å². The van der Waals surface area contributed by atoms with E-state index in [0.29, 0.717) is 25.2 Å². The Balaban J connectivity index is 1.19. The monoisotopic (exact) mass is 519 g/mol. The number of likely N-dealkylation sites (tertiary alicyclic amines) is 1. The van der Waals surface area contributed by atoms with Crippen LogP contribution in [0.5, 0.6) is 0 Å². The van der Waals surface area contributed by atoms with Crippen molar-refractivity contribution in [1.82, 2.24) is 20.4 Å². The summed E-state index contributed by atoms with van der Waals surface area (Å²) in [6, 6.07) is 17.8. The summed E-state index contributed by atoms with van der Waals surface area (Å²) in [7, 11) is 0. The second-order valence-corrected chi connectivity index (χ2v) is 10.6. The van der Waals surface area contributed by atoms with E-state index in [1.807, 2.05) is 56.3 Å². The van der Waals surface area contributed by atoms with Crippen molar-refractivity contribution >= 4 is 34.7 Å². The molecule has 1 atom stereocenters. The van der Waals surface area contributed by atoms with Gasteiger partial charge < -0.3 is 15.5 Å². The molecule has 0 saturated carbocycles. The van der Waals surface area contributed by atoms with Crippen molar-refractivity contribution in [3.63, 3.8) is 0 Å². The maximum atomic E-state index is 12.9. The Morgan fingerprint density at radius 3 is 2.38 bits per heavy atom. The molecule has 2 heterocycles. The number of rotatable bonds is 9. The van der Waals surface area contributed by atoms with Crippen LogP contribution in [0.2, 0.25) is 0 Å². The molecule has 4 rings (SSSR count). The number of carbonyl (C=O) groups excluding carboxylic acids is 3. The predicted molar refractivity (Wildman–Crippen MR) is 145 cm³/mol. The number of piperidine rings is 1. The third kappa shape index (κ3) is 7.69. The molecule has 1 aromatic heterocycles. The first-order valence-electron chi connectivity index (χ1n) is 12.7. The van der Waals surface area contributed by atoms with Crippen molar-refractivity contribution in [2.75, 3.05) is 18.4 Å². The molecule has 0 aliphatic carbocycles. The Morgan fingerprint density at radius 1 is 1.00 bits per heavy atom. The van der Waals surface area contributed by atoms with Gasteiger partial charge in [0.25, 0.3) is 11.8 Å². The molecule has 8 nitrogen and oxygen atoms in total. The van der Waals surface area contributed by atoms with Crippen LogP contribution in [0, 0.1) is 12.8 Å². The van der Waals surface area contributed by atoms with Crippen LogP contribution < -0.4 is 10.6 Å². The number of nitrogens with zero attached hydrogens (tertiary/aromatic N) is 3. The smallest absolute Gasteiger partial charge is 0.286 e. The van der Waals surface area contributed by atoms with Crippen molar-refractivity contribution in [3.8, 4) is 0 Å². The third-order valence-corrected chi connectivity index (χ3v) is 7.51. The first kappa shape index (κ1) is 26.5. The van der Waals surface area contributed by atoms with Gasteiger partial charge in [-0.05, 0) is 63.1 Å². The fraction of sp³-hybridized carbons (Fsp3) is 0.393. The highest BCUT2D eigenvalue weighted by atomic mass is 32.1. The van der Waals surface area contributed by atoms with Crippen LogP contribution in [-0.4, -0.2) is 52.0 Å². The van der Waals surface area contributed by atoms with E-state index in [4.69, 9.17) is 0 Å². The molecule has 1 aliphatic heterocycles. The molecule has 3 amide bonds. The Labute approximate surface area is 221 Å². The number of hydrogen-bond acceptors (Lipinski definition) is 6. The Bertz CT molecular complexity index is 1200. The van der Waals surface area contributed by atoms with Crippen LogP contribution in [0.25, 0.3) is 0 Å². The van der Waals surface area contributed by atoms with E-state index < -0.39 is 0 Å². The molecular formula is C28H33N5O3S. The lowest BCUT2D eigenvalue weighted by Crippen LogP contribution is -2.40. The number of benzene rings is 2. The molecule has 194 valence electrons. The van der Waals surface area contributed by atoms with Gasteiger partial charge in [-0.2, -0.15) is 0 Å². The first-order chi connectivity index (χ1) is 17.9. The van der Waals surface area contributed by atoms with Crippen molar-refractivity contribution < 1.29 is 14.4 Å². The topological polar surface area (TPSA) is 104 Å². The van der Waals surface area contributed by atoms with Crippen molar-refractivity contribution in [2.45, 2.75) is 52.0 Å². The predicted octanol–water partition coefficient (Wildman–Crippen LogP) is 4.48. The molecule has 37 heavy (non-hydrogen) atoms. The zero-order chi connectivity index (χ0) is 26.2. The van der Waals surface area contributed by atoms with Crippen LogP contribution >= 0.6 is 11.3 Å². The van der Waals surface area contributed by atoms with E-state index >= 15 is 0 Å². The summed E-state index contributed by atoms with van der Waals surface area (Å²) >= 11 is 0.997. The molecule has 0 unspecified atom stereocenters. The number of anilines is 1. The van der Waals surface area contributed by atoms with E-state index in [9.17, 15) is 14.4 Å². The lowest BCUT2D eigenvalue weighted by Gasteiger charge is -2.31. The van der Waals surface area contributed by atoms with Gasteiger partial charge in [-0.15, -0.1) is 10.2 Å². The highest BCUT2D eigenvalue weighted by Gasteiger charge is 2.28. The van der Waals surface area contributed by atoms with Gasteiger partial charge in [0.15, 0.2) is 0 Å². The molecule has 1 saturated heterocycles. The SMILES string of the molecule is Cc1ccc(NC(=O)c2nnc(C(=O)N3CCC(CC(=O)N[C@@H](C)CCc4ccccc4)CC3)s2)cc1. The van der Waals surface area contributed by atoms with Gasteiger partial charge in [0, 0.05) is 31.2 Å². The molecule has 0 radical (unpaired) electrons.